The van der Waals surface area contributed by atoms with Crippen molar-refractivity contribution in [2.24, 2.45) is 11.7 Å². The number of amides is 1. The first-order valence-electron chi connectivity index (χ1n) is 7.65. The van der Waals surface area contributed by atoms with E-state index in [4.69, 9.17) is 10.5 Å². The molecule has 118 valence electrons. The monoisotopic (exact) mass is 285 g/mol. The minimum Gasteiger partial charge on any atom is -0.444 e. The van der Waals surface area contributed by atoms with Crippen LogP contribution in [0.1, 0.15) is 47.5 Å². The van der Waals surface area contributed by atoms with Crippen molar-refractivity contribution in [1.29, 1.82) is 0 Å². The Morgan fingerprint density at radius 2 is 2.00 bits per heavy atom. The van der Waals surface area contributed by atoms with Gasteiger partial charge in [0, 0.05) is 31.7 Å². The Balaban J connectivity index is 2.45. The zero-order valence-electron chi connectivity index (χ0n) is 13.6. The zero-order valence-corrected chi connectivity index (χ0v) is 13.6. The number of carbonyl (C=O) groups excluding carboxylic acids is 1. The van der Waals surface area contributed by atoms with Gasteiger partial charge in [0.05, 0.1) is 0 Å². The summed E-state index contributed by atoms with van der Waals surface area (Å²) in [4.78, 5) is 14.1. The molecule has 3 N–H and O–H groups in total. The van der Waals surface area contributed by atoms with Crippen molar-refractivity contribution in [2.75, 3.05) is 19.6 Å². The van der Waals surface area contributed by atoms with Crippen molar-refractivity contribution >= 4 is 6.09 Å². The van der Waals surface area contributed by atoms with E-state index in [9.17, 15) is 4.79 Å². The topological polar surface area (TPSA) is 67.6 Å². The molecular formula is C15H31N3O2. The molecule has 0 bridgehead atoms. The normalized spacial score (nSPS) is 17.4. The van der Waals surface area contributed by atoms with E-state index in [1.807, 2.05) is 20.8 Å². The van der Waals surface area contributed by atoms with Crippen LogP contribution in [0.25, 0.3) is 0 Å². The lowest BCUT2D eigenvalue weighted by Gasteiger charge is -2.34. The molecule has 0 saturated heterocycles. The summed E-state index contributed by atoms with van der Waals surface area (Å²) < 4.78 is 5.26. The fourth-order valence-corrected chi connectivity index (χ4v) is 2.23. The first-order valence-corrected chi connectivity index (χ1v) is 7.65. The second kappa shape index (κ2) is 7.27. The van der Waals surface area contributed by atoms with Gasteiger partial charge in [0.15, 0.2) is 0 Å². The van der Waals surface area contributed by atoms with Gasteiger partial charge in [-0.2, -0.15) is 0 Å². The third-order valence-corrected chi connectivity index (χ3v) is 3.45. The number of carbonyl (C=O) groups is 1. The minimum atomic E-state index is -0.464. The van der Waals surface area contributed by atoms with Crippen LogP contribution >= 0.6 is 0 Å². The smallest absolute Gasteiger partial charge is 0.407 e. The Bertz CT molecular complexity index is 309. The zero-order chi connectivity index (χ0) is 15.3. The molecule has 0 aromatic heterocycles. The summed E-state index contributed by atoms with van der Waals surface area (Å²) in [7, 11) is 0. The Morgan fingerprint density at radius 1 is 1.40 bits per heavy atom. The van der Waals surface area contributed by atoms with Gasteiger partial charge in [0.1, 0.15) is 5.60 Å². The van der Waals surface area contributed by atoms with Gasteiger partial charge >= 0.3 is 6.09 Å². The molecule has 0 aromatic rings. The van der Waals surface area contributed by atoms with E-state index >= 15 is 0 Å². The van der Waals surface area contributed by atoms with Crippen molar-refractivity contribution in [1.82, 2.24) is 10.2 Å². The third kappa shape index (κ3) is 6.57. The summed E-state index contributed by atoms with van der Waals surface area (Å²) in [5.74, 6) is 0.813. The second-order valence-corrected chi connectivity index (χ2v) is 7.01. The molecule has 1 amide bonds. The van der Waals surface area contributed by atoms with Crippen LogP contribution in [-0.2, 0) is 4.74 Å². The highest BCUT2D eigenvalue weighted by molar-refractivity contribution is 5.67. The Kier molecular flexibility index (Phi) is 6.27. The van der Waals surface area contributed by atoms with Crippen LogP contribution in [-0.4, -0.2) is 48.3 Å². The molecule has 5 heteroatoms. The Hall–Kier alpha value is -0.810. The number of hydrogen-bond acceptors (Lipinski definition) is 4. The summed E-state index contributed by atoms with van der Waals surface area (Å²) in [6.07, 6.45) is 2.27. The maximum absolute atomic E-state index is 11.7. The first-order chi connectivity index (χ1) is 9.23. The van der Waals surface area contributed by atoms with E-state index in [0.717, 1.165) is 12.5 Å². The minimum absolute atomic E-state index is 0.170. The predicted molar refractivity (Wildman–Crippen MR) is 81.6 cm³/mol. The van der Waals surface area contributed by atoms with Crippen LogP contribution in [0.3, 0.4) is 0 Å². The van der Waals surface area contributed by atoms with Crippen LogP contribution in [0.4, 0.5) is 4.79 Å². The van der Waals surface area contributed by atoms with E-state index in [0.29, 0.717) is 19.1 Å². The highest BCUT2D eigenvalue weighted by Gasteiger charge is 2.29. The van der Waals surface area contributed by atoms with Crippen LogP contribution < -0.4 is 11.1 Å². The summed E-state index contributed by atoms with van der Waals surface area (Å²) in [5.41, 5.74) is 5.42. The van der Waals surface area contributed by atoms with E-state index in [-0.39, 0.29) is 12.1 Å². The van der Waals surface area contributed by atoms with Gasteiger partial charge in [-0.05, 0) is 53.4 Å². The molecule has 1 unspecified atom stereocenters. The lowest BCUT2D eigenvalue weighted by atomic mass is 10.1. The number of nitrogens with zero attached hydrogens (tertiary/aromatic N) is 1. The van der Waals surface area contributed by atoms with Gasteiger partial charge in [-0.15, -0.1) is 0 Å². The Labute approximate surface area is 123 Å². The number of ether oxygens (including phenoxy) is 1. The molecule has 1 aliphatic carbocycles. The highest BCUT2D eigenvalue weighted by atomic mass is 16.6. The molecule has 1 aliphatic rings. The summed E-state index contributed by atoms with van der Waals surface area (Å²) in [5, 5.41) is 2.84. The fraction of sp³-hybridized carbons (Fsp3) is 0.933. The van der Waals surface area contributed by atoms with E-state index in [1.165, 1.54) is 12.8 Å². The van der Waals surface area contributed by atoms with Crippen LogP contribution in [0.2, 0.25) is 0 Å². The van der Waals surface area contributed by atoms with Crippen molar-refractivity contribution in [3.8, 4) is 0 Å². The average molecular weight is 285 g/mol. The second-order valence-electron chi connectivity index (χ2n) is 7.01. The van der Waals surface area contributed by atoms with Crippen LogP contribution in [0.5, 0.6) is 0 Å². The van der Waals surface area contributed by atoms with E-state index in [1.54, 1.807) is 0 Å². The highest BCUT2D eigenvalue weighted by Crippen LogP contribution is 2.30. The van der Waals surface area contributed by atoms with Crippen LogP contribution in [0.15, 0.2) is 0 Å². The van der Waals surface area contributed by atoms with Gasteiger partial charge < -0.3 is 15.8 Å². The fourth-order valence-electron chi connectivity index (χ4n) is 2.23. The molecule has 1 saturated carbocycles. The molecule has 0 radical (unpaired) electrons. The van der Waals surface area contributed by atoms with Gasteiger partial charge in [-0.25, -0.2) is 4.79 Å². The maximum atomic E-state index is 11.7. The molecule has 0 aromatic carbocycles. The Morgan fingerprint density at radius 3 is 2.40 bits per heavy atom. The number of nitrogens with two attached hydrogens (primary N) is 1. The van der Waals surface area contributed by atoms with Crippen molar-refractivity contribution < 1.29 is 9.53 Å². The first kappa shape index (κ1) is 17.2. The van der Waals surface area contributed by atoms with Crippen molar-refractivity contribution in [2.45, 2.75) is 65.1 Å². The standard InChI is InChI=1S/C15H31N3O2/c1-11(2)18(10-12-6-7-12)13(8-16)9-17-14(19)20-15(3,4)5/h11-13H,6-10,16H2,1-5H3,(H,17,19). The SMILES string of the molecule is CC(C)N(CC1CC1)C(CN)CNC(=O)OC(C)(C)C. The molecule has 1 fully saturated rings. The molecule has 0 spiro atoms. The van der Waals surface area contributed by atoms with E-state index in [2.05, 4.69) is 24.1 Å². The predicted octanol–water partition coefficient (Wildman–Crippen LogP) is 1.96. The number of nitrogens with one attached hydrogen (secondary N) is 1. The van der Waals surface area contributed by atoms with Gasteiger partial charge in [-0.3, -0.25) is 4.90 Å². The lowest BCUT2D eigenvalue weighted by molar-refractivity contribution is 0.0498. The molecule has 1 rings (SSSR count). The van der Waals surface area contributed by atoms with Gasteiger partial charge in [-0.1, -0.05) is 0 Å². The number of rotatable bonds is 7. The largest absolute Gasteiger partial charge is 0.444 e. The molecule has 5 nitrogen and oxygen atoms in total. The summed E-state index contributed by atoms with van der Waals surface area (Å²) in [6, 6.07) is 0.604. The molecule has 20 heavy (non-hydrogen) atoms. The van der Waals surface area contributed by atoms with Crippen LogP contribution in [0, 0.1) is 5.92 Å². The molecule has 1 atom stereocenters. The molecular weight excluding hydrogens is 254 g/mol. The summed E-state index contributed by atoms with van der Waals surface area (Å²) >= 11 is 0. The summed E-state index contributed by atoms with van der Waals surface area (Å²) in [6.45, 7) is 12.1. The molecule has 0 heterocycles. The lowest BCUT2D eigenvalue weighted by Crippen LogP contribution is -2.52. The molecule has 0 aliphatic heterocycles. The number of alkyl carbamates (subject to hydrolysis) is 1. The average Bonchev–Trinajstić information content (AvgIpc) is 3.09. The number of hydrogen-bond donors (Lipinski definition) is 2. The quantitative estimate of drug-likeness (QED) is 0.750. The van der Waals surface area contributed by atoms with Gasteiger partial charge in [0.25, 0.3) is 0 Å². The third-order valence-electron chi connectivity index (χ3n) is 3.45. The maximum Gasteiger partial charge on any atom is 0.407 e. The van der Waals surface area contributed by atoms with Crippen molar-refractivity contribution in [3.63, 3.8) is 0 Å². The van der Waals surface area contributed by atoms with Crippen molar-refractivity contribution in [3.05, 3.63) is 0 Å². The van der Waals surface area contributed by atoms with Gasteiger partial charge in [0.2, 0.25) is 0 Å². The van der Waals surface area contributed by atoms with E-state index < -0.39 is 5.60 Å².